The van der Waals surface area contributed by atoms with Crippen molar-refractivity contribution >= 4 is 11.8 Å². The molecule has 3 aliphatic rings. The van der Waals surface area contributed by atoms with Crippen molar-refractivity contribution in [3.63, 3.8) is 0 Å². The third-order valence-electron chi connectivity index (χ3n) is 8.45. The Kier molecular flexibility index (Phi) is 6.93. The van der Waals surface area contributed by atoms with Crippen LogP contribution in [0, 0.1) is 12.8 Å². The highest BCUT2D eigenvalue weighted by molar-refractivity contribution is 7.99. The number of halogens is 4. The summed E-state index contributed by atoms with van der Waals surface area (Å²) < 4.78 is 63.0. The molecule has 37 heavy (non-hydrogen) atoms. The summed E-state index contributed by atoms with van der Waals surface area (Å²) >= 11 is 1.25. The van der Waals surface area contributed by atoms with Gasteiger partial charge in [0.05, 0.1) is 0 Å². The van der Waals surface area contributed by atoms with Gasteiger partial charge >= 0.3 is 0 Å². The Bertz CT molecular complexity index is 1120. The predicted molar refractivity (Wildman–Crippen MR) is 133 cm³/mol. The molecule has 5 rings (SSSR count). The summed E-state index contributed by atoms with van der Waals surface area (Å²) in [5.74, 6) is -6.59. The number of benzene rings is 2. The molecule has 2 aliphatic carbocycles. The number of ether oxygens (including phenoxy) is 1. The van der Waals surface area contributed by atoms with E-state index >= 15 is 0 Å². The van der Waals surface area contributed by atoms with E-state index in [4.69, 9.17) is 4.74 Å². The van der Waals surface area contributed by atoms with E-state index in [9.17, 15) is 32.9 Å². The zero-order valence-electron chi connectivity index (χ0n) is 20.7. The average Bonchev–Trinajstić information content (AvgIpc) is 3.22. The number of thioether (sulfide) groups is 1. The molecule has 4 nitrogen and oxygen atoms in total. The normalized spacial score (nSPS) is 36.5. The zero-order valence-corrected chi connectivity index (χ0v) is 21.5. The number of hydrogen-bond donors (Lipinski definition) is 3. The molecule has 1 unspecified atom stereocenters. The third kappa shape index (κ3) is 4.93. The minimum Gasteiger partial charge on any atom is -0.387 e. The van der Waals surface area contributed by atoms with Gasteiger partial charge in [-0.25, -0.2) is 17.6 Å². The lowest BCUT2D eigenvalue weighted by Gasteiger charge is -2.40. The second kappa shape index (κ2) is 9.52. The van der Waals surface area contributed by atoms with Crippen LogP contribution < -0.4 is 0 Å². The first kappa shape index (κ1) is 26.9. The van der Waals surface area contributed by atoms with E-state index in [2.05, 4.69) is 0 Å². The number of alkyl halides is 4. The molecule has 3 fully saturated rings. The van der Waals surface area contributed by atoms with Gasteiger partial charge in [0.2, 0.25) is 11.8 Å². The van der Waals surface area contributed by atoms with E-state index in [1.165, 1.54) is 11.8 Å². The summed E-state index contributed by atoms with van der Waals surface area (Å²) in [5.41, 5.74) is 2.16. The van der Waals surface area contributed by atoms with Crippen LogP contribution in [-0.2, 0) is 16.6 Å². The van der Waals surface area contributed by atoms with E-state index in [-0.39, 0.29) is 0 Å². The van der Waals surface area contributed by atoms with Crippen LogP contribution in [0.3, 0.4) is 0 Å². The Morgan fingerprint density at radius 1 is 0.892 bits per heavy atom. The van der Waals surface area contributed by atoms with E-state index < -0.39 is 78.7 Å². The lowest BCUT2D eigenvalue weighted by Crippen LogP contribution is -2.52. The van der Waals surface area contributed by atoms with E-state index in [0.29, 0.717) is 17.5 Å². The van der Waals surface area contributed by atoms with Gasteiger partial charge in [-0.05, 0) is 53.3 Å². The van der Waals surface area contributed by atoms with Gasteiger partial charge < -0.3 is 20.1 Å². The van der Waals surface area contributed by atoms with Crippen LogP contribution in [0.15, 0.2) is 42.5 Å². The molecular weight excluding hydrogens is 508 g/mol. The Morgan fingerprint density at radius 2 is 1.51 bits per heavy atom. The molecule has 1 saturated heterocycles. The molecule has 0 aromatic heterocycles. The molecule has 2 aromatic carbocycles. The van der Waals surface area contributed by atoms with Crippen LogP contribution in [0.25, 0.3) is 0 Å². The first-order chi connectivity index (χ1) is 17.3. The zero-order chi connectivity index (χ0) is 26.8. The molecule has 0 bridgehead atoms. The molecule has 9 heteroatoms. The summed E-state index contributed by atoms with van der Waals surface area (Å²) in [4.78, 5) is 0. The summed E-state index contributed by atoms with van der Waals surface area (Å²) in [6, 6.07) is 12.7. The maximum absolute atomic E-state index is 14.3. The summed E-state index contributed by atoms with van der Waals surface area (Å²) in [6.45, 7) is 1.94. The molecule has 1 aliphatic heterocycles. The lowest BCUT2D eigenvalue weighted by atomic mass is 9.74. The molecule has 2 aromatic rings. The fourth-order valence-electron chi connectivity index (χ4n) is 6.59. The predicted octanol–water partition coefficient (Wildman–Crippen LogP) is 5.14. The fraction of sp³-hybridized carbons (Fsp3) is 0.571. The number of hydrogen-bond acceptors (Lipinski definition) is 5. The van der Waals surface area contributed by atoms with Gasteiger partial charge in [0.15, 0.2) is 0 Å². The van der Waals surface area contributed by atoms with Crippen LogP contribution in [0.2, 0.25) is 0 Å². The van der Waals surface area contributed by atoms with Crippen LogP contribution in [0.5, 0.6) is 0 Å². The standard InChI is InChI=1S/C28H32F4O4S/c1-15-3-6-17(24-22(34)21(33)23(35)25(36-24)37-2)10-18(15)9-16-4-7-19(8-5-16)26-13-27(29,30)11-20(26)12-28(31,32)14-26/h3-8,10,20-25,33-35H,9,11-14H2,1-2H3/t20?,21-,22-,23+,24?,25-,26?/m1/s1. The molecule has 3 N–H and O–H groups in total. The van der Waals surface area contributed by atoms with Crippen molar-refractivity contribution in [2.45, 2.75) is 86.1 Å². The summed E-state index contributed by atoms with van der Waals surface area (Å²) in [5, 5.41) is 31.0. The monoisotopic (exact) mass is 540 g/mol. The Hall–Kier alpha value is -1.65. The second-order valence-corrected chi connectivity index (χ2v) is 12.0. The summed E-state index contributed by atoms with van der Waals surface area (Å²) in [6.07, 6.45) is -4.47. The van der Waals surface area contributed by atoms with Gasteiger partial charge in [0.25, 0.3) is 0 Å². The maximum Gasteiger partial charge on any atom is 0.249 e. The number of rotatable bonds is 5. The lowest BCUT2D eigenvalue weighted by molar-refractivity contribution is -0.200. The Morgan fingerprint density at radius 3 is 2.11 bits per heavy atom. The Labute approximate surface area is 218 Å². The number of aliphatic hydroxyl groups is 3. The van der Waals surface area contributed by atoms with Gasteiger partial charge in [-0.1, -0.05) is 42.5 Å². The molecule has 0 radical (unpaired) electrons. The fourth-order valence-corrected chi connectivity index (χ4v) is 7.26. The minimum atomic E-state index is -2.93. The van der Waals surface area contributed by atoms with Crippen LogP contribution in [0.4, 0.5) is 17.6 Å². The minimum absolute atomic E-state index is 0.492. The van der Waals surface area contributed by atoms with Crippen LogP contribution >= 0.6 is 11.8 Å². The molecule has 5 atom stereocenters. The first-order valence-electron chi connectivity index (χ1n) is 12.5. The third-order valence-corrected chi connectivity index (χ3v) is 9.30. The molecule has 1 heterocycles. The van der Waals surface area contributed by atoms with Crippen molar-refractivity contribution in [1.82, 2.24) is 0 Å². The van der Waals surface area contributed by atoms with E-state index in [0.717, 1.165) is 16.7 Å². The topological polar surface area (TPSA) is 69.9 Å². The van der Waals surface area contributed by atoms with Gasteiger partial charge in [0.1, 0.15) is 29.9 Å². The maximum atomic E-state index is 14.3. The van der Waals surface area contributed by atoms with Crippen LogP contribution in [-0.4, -0.2) is 57.2 Å². The highest BCUT2D eigenvalue weighted by Crippen LogP contribution is 2.64. The molecule has 0 spiro atoms. The van der Waals surface area contributed by atoms with E-state index in [1.807, 2.05) is 37.3 Å². The number of aliphatic hydroxyl groups excluding tert-OH is 3. The van der Waals surface area contributed by atoms with Gasteiger partial charge in [-0.15, -0.1) is 11.8 Å². The van der Waals surface area contributed by atoms with Crippen molar-refractivity contribution in [1.29, 1.82) is 0 Å². The molecular formula is C28H32F4O4S. The van der Waals surface area contributed by atoms with Crippen molar-refractivity contribution in [2.24, 2.45) is 5.92 Å². The smallest absolute Gasteiger partial charge is 0.249 e. The van der Waals surface area contributed by atoms with Crippen molar-refractivity contribution in [3.05, 3.63) is 70.3 Å². The van der Waals surface area contributed by atoms with Gasteiger partial charge in [-0.2, -0.15) is 0 Å². The highest BCUT2D eigenvalue weighted by Gasteiger charge is 2.65. The first-order valence-corrected chi connectivity index (χ1v) is 13.8. The average molecular weight is 541 g/mol. The van der Waals surface area contributed by atoms with Crippen molar-refractivity contribution in [3.8, 4) is 0 Å². The van der Waals surface area contributed by atoms with Crippen molar-refractivity contribution < 1.29 is 37.6 Å². The molecule has 0 amide bonds. The summed E-state index contributed by atoms with van der Waals surface area (Å²) in [7, 11) is 0. The largest absolute Gasteiger partial charge is 0.387 e. The Balaban J connectivity index is 1.38. The second-order valence-electron chi connectivity index (χ2n) is 11.0. The number of aryl methyl sites for hydroxylation is 1. The van der Waals surface area contributed by atoms with Crippen LogP contribution in [0.1, 0.15) is 59.6 Å². The van der Waals surface area contributed by atoms with Gasteiger partial charge in [-0.3, -0.25) is 0 Å². The number of fused-ring (bicyclic) bond motifs is 1. The quantitative estimate of drug-likeness (QED) is 0.458. The van der Waals surface area contributed by atoms with Gasteiger partial charge in [0, 0.05) is 31.1 Å². The highest BCUT2D eigenvalue weighted by atomic mass is 32.2. The SMILES string of the molecule is CS[C@H]1OC(c2ccc(C)c(Cc3ccc(C45CC(F)(F)CC4CC(F)(F)C5)cc3)c2)[C@H](O)[C@@H](O)[C@@H]1O. The molecule has 202 valence electrons. The van der Waals surface area contributed by atoms with E-state index in [1.54, 1.807) is 18.4 Å². The molecule has 2 saturated carbocycles. The van der Waals surface area contributed by atoms with Crippen molar-refractivity contribution in [2.75, 3.05) is 6.26 Å².